The van der Waals surface area contributed by atoms with Gasteiger partial charge in [0.1, 0.15) is 0 Å². The van der Waals surface area contributed by atoms with Crippen LogP contribution in [0.25, 0.3) is 11.5 Å². The van der Waals surface area contributed by atoms with Crippen molar-refractivity contribution in [3.8, 4) is 11.5 Å². The fourth-order valence-electron chi connectivity index (χ4n) is 2.74. The minimum atomic E-state index is -0.478. The first-order valence-corrected chi connectivity index (χ1v) is 7.87. The van der Waals surface area contributed by atoms with Crippen molar-refractivity contribution in [2.24, 2.45) is 5.92 Å². The lowest BCUT2D eigenvalue weighted by atomic mass is 9.89. The Morgan fingerprint density at radius 1 is 1.21 bits per heavy atom. The van der Waals surface area contributed by atoms with E-state index in [0.717, 1.165) is 25.7 Å². The molecule has 8 heteroatoms. The molecule has 1 aromatic carbocycles. The van der Waals surface area contributed by atoms with Crippen LogP contribution in [0.4, 0.5) is 5.69 Å². The smallest absolute Gasteiger partial charge is 0.309 e. The summed E-state index contributed by atoms with van der Waals surface area (Å²) in [4.78, 5) is 22.1. The topological polar surface area (TPSA) is 108 Å². The maximum Gasteiger partial charge on any atom is 0.309 e. The minimum absolute atomic E-state index is 0.0140. The number of nitro benzene ring substituents is 1. The van der Waals surface area contributed by atoms with Crippen molar-refractivity contribution in [3.05, 3.63) is 40.3 Å². The lowest BCUT2D eigenvalue weighted by molar-refractivity contribution is -0.384. The van der Waals surface area contributed by atoms with Crippen LogP contribution < -0.4 is 0 Å². The number of nitro groups is 1. The second-order valence-electron chi connectivity index (χ2n) is 5.75. The van der Waals surface area contributed by atoms with E-state index in [1.54, 1.807) is 0 Å². The van der Waals surface area contributed by atoms with Gasteiger partial charge in [0, 0.05) is 17.7 Å². The highest BCUT2D eigenvalue weighted by molar-refractivity contribution is 5.72. The zero-order valence-electron chi connectivity index (χ0n) is 13.0. The van der Waals surface area contributed by atoms with E-state index in [-0.39, 0.29) is 36.0 Å². The molecular formula is C16H17N3O5. The maximum atomic E-state index is 12.0. The number of carbonyl (C=O) groups is 1. The normalized spacial score (nSPS) is 15.2. The third-order valence-corrected chi connectivity index (χ3v) is 4.07. The lowest BCUT2D eigenvalue weighted by Crippen LogP contribution is -2.20. The van der Waals surface area contributed by atoms with Gasteiger partial charge in [-0.25, -0.2) is 0 Å². The molecule has 126 valence electrons. The van der Waals surface area contributed by atoms with Crippen LogP contribution in [0.2, 0.25) is 0 Å². The van der Waals surface area contributed by atoms with E-state index in [2.05, 4.69) is 10.2 Å². The zero-order valence-corrected chi connectivity index (χ0v) is 13.0. The fraction of sp³-hybridized carbons (Fsp3) is 0.438. The fourth-order valence-corrected chi connectivity index (χ4v) is 2.74. The van der Waals surface area contributed by atoms with Gasteiger partial charge in [0.25, 0.3) is 11.6 Å². The van der Waals surface area contributed by atoms with Crippen LogP contribution in [0.3, 0.4) is 0 Å². The summed E-state index contributed by atoms with van der Waals surface area (Å²) >= 11 is 0. The zero-order chi connectivity index (χ0) is 16.9. The number of rotatable bonds is 5. The molecule has 0 radical (unpaired) electrons. The monoisotopic (exact) mass is 331 g/mol. The third kappa shape index (κ3) is 3.76. The van der Waals surface area contributed by atoms with Crippen LogP contribution in [-0.4, -0.2) is 21.1 Å². The number of ether oxygens (including phenoxy) is 1. The molecule has 1 heterocycles. The molecule has 8 nitrogen and oxygen atoms in total. The summed E-state index contributed by atoms with van der Waals surface area (Å²) < 4.78 is 10.7. The summed E-state index contributed by atoms with van der Waals surface area (Å²) in [7, 11) is 0. The summed E-state index contributed by atoms with van der Waals surface area (Å²) in [6, 6.07) is 5.79. The molecule has 1 aliphatic carbocycles. The highest BCUT2D eigenvalue weighted by atomic mass is 16.6. The number of aromatic nitrogens is 2. The number of hydrogen-bond acceptors (Lipinski definition) is 7. The Labute approximate surface area is 138 Å². The third-order valence-electron chi connectivity index (χ3n) is 4.07. The van der Waals surface area contributed by atoms with E-state index in [1.165, 1.54) is 30.7 Å². The van der Waals surface area contributed by atoms with E-state index < -0.39 is 4.92 Å². The van der Waals surface area contributed by atoms with Gasteiger partial charge in [0.15, 0.2) is 6.61 Å². The Kier molecular flexibility index (Phi) is 4.83. The van der Waals surface area contributed by atoms with Gasteiger partial charge < -0.3 is 9.15 Å². The van der Waals surface area contributed by atoms with Gasteiger partial charge in [-0.15, -0.1) is 10.2 Å². The van der Waals surface area contributed by atoms with E-state index in [0.29, 0.717) is 5.56 Å². The number of benzene rings is 1. The molecule has 0 spiro atoms. The summed E-state index contributed by atoms with van der Waals surface area (Å²) in [5, 5.41) is 18.4. The van der Waals surface area contributed by atoms with Crippen molar-refractivity contribution >= 4 is 11.7 Å². The molecule has 1 aromatic heterocycles. The number of non-ortho nitro benzene ring substituents is 1. The Morgan fingerprint density at radius 2 is 1.92 bits per heavy atom. The lowest BCUT2D eigenvalue weighted by Gasteiger charge is -2.19. The Hall–Kier alpha value is -2.77. The molecule has 0 bridgehead atoms. The molecule has 0 atom stereocenters. The van der Waals surface area contributed by atoms with Gasteiger partial charge in [-0.05, 0) is 25.0 Å². The first-order chi connectivity index (χ1) is 11.6. The predicted molar refractivity (Wildman–Crippen MR) is 82.8 cm³/mol. The van der Waals surface area contributed by atoms with E-state index in [9.17, 15) is 14.9 Å². The SMILES string of the molecule is O=C(OCc1nnc(-c2ccc([N+](=O)[O-])cc2)o1)C1CCCCC1. The molecule has 0 saturated heterocycles. The second kappa shape index (κ2) is 7.20. The van der Waals surface area contributed by atoms with E-state index >= 15 is 0 Å². The van der Waals surface area contributed by atoms with Gasteiger partial charge in [0.05, 0.1) is 10.8 Å². The quantitative estimate of drug-likeness (QED) is 0.470. The molecule has 0 amide bonds. The Morgan fingerprint density at radius 3 is 2.58 bits per heavy atom. The Bertz CT molecular complexity index is 720. The van der Waals surface area contributed by atoms with Crippen LogP contribution in [0.1, 0.15) is 38.0 Å². The highest BCUT2D eigenvalue weighted by Crippen LogP contribution is 2.25. The van der Waals surface area contributed by atoms with Gasteiger partial charge >= 0.3 is 5.97 Å². The average molecular weight is 331 g/mol. The average Bonchev–Trinajstić information content (AvgIpc) is 3.09. The molecule has 0 N–H and O–H groups in total. The number of carbonyl (C=O) groups excluding carboxylic acids is 1. The van der Waals surface area contributed by atoms with Crippen molar-refractivity contribution < 1.29 is 18.9 Å². The number of hydrogen-bond donors (Lipinski definition) is 0. The molecule has 24 heavy (non-hydrogen) atoms. The van der Waals surface area contributed by atoms with Crippen LogP contribution >= 0.6 is 0 Å². The van der Waals surface area contributed by atoms with Gasteiger partial charge in [-0.3, -0.25) is 14.9 Å². The molecule has 0 aliphatic heterocycles. The minimum Gasteiger partial charge on any atom is -0.455 e. The van der Waals surface area contributed by atoms with Gasteiger partial charge in [0.2, 0.25) is 5.89 Å². The molecule has 0 unspecified atom stereocenters. The maximum absolute atomic E-state index is 12.0. The van der Waals surface area contributed by atoms with Crippen molar-refractivity contribution in [2.45, 2.75) is 38.7 Å². The first-order valence-electron chi connectivity index (χ1n) is 7.87. The first kappa shape index (κ1) is 16.1. The van der Waals surface area contributed by atoms with E-state index in [4.69, 9.17) is 9.15 Å². The van der Waals surface area contributed by atoms with Crippen LogP contribution in [0.15, 0.2) is 28.7 Å². The number of esters is 1. The van der Waals surface area contributed by atoms with Crippen LogP contribution in [-0.2, 0) is 16.1 Å². The van der Waals surface area contributed by atoms with Crippen LogP contribution in [0, 0.1) is 16.0 Å². The van der Waals surface area contributed by atoms with Gasteiger partial charge in [-0.2, -0.15) is 0 Å². The molecule has 3 rings (SSSR count). The standard InChI is InChI=1S/C16H17N3O5/c20-16(12-4-2-1-3-5-12)23-10-14-17-18-15(24-14)11-6-8-13(9-7-11)19(21)22/h6-9,12H,1-5,10H2. The van der Waals surface area contributed by atoms with E-state index in [1.807, 2.05) is 0 Å². The van der Waals surface area contributed by atoms with Crippen LogP contribution in [0.5, 0.6) is 0 Å². The second-order valence-corrected chi connectivity index (χ2v) is 5.75. The summed E-state index contributed by atoms with van der Waals surface area (Å²) in [6.45, 7) is -0.0602. The van der Waals surface area contributed by atoms with Crippen molar-refractivity contribution in [1.82, 2.24) is 10.2 Å². The summed E-state index contributed by atoms with van der Waals surface area (Å²) in [6.07, 6.45) is 5.04. The van der Waals surface area contributed by atoms with Crippen molar-refractivity contribution in [3.63, 3.8) is 0 Å². The Balaban J connectivity index is 1.58. The molecular weight excluding hydrogens is 314 g/mol. The molecule has 1 aliphatic rings. The van der Waals surface area contributed by atoms with Crippen molar-refractivity contribution in [2.75, 3.05) is 0 Å². The summed E-state index contributed by atoms with van der Waals surface area (Å²) in [5.41, 5.74) is 0.554. The molecule has 1 saturated carbocycles. The predicted octanol–water partition coefficient (Wildman–Crippen LogP) is 3.27. The molecule has 2 aromatic rings. The van der Waals surface area contributed by atoms with Crippen molar-refractivity contribution in [1.29, 1.82) is 0 Å². The molecule has 1 fully saturated rings. The summed E-state index contributed by atoms with van der Waals surface area (Å²) in [5.74, 6) is 0.182. The van der Waals surface area contributed by atoms with Gasteiger partial charge in [-0.1, -0.05) is 19.3 Å². The largest absolute Gasteiger partial charge is 0.455 e. The highest BCUT2D eigenvalue weighted by Gasteiger charge is 2.23. The number of nitrogens with zero attached hydrogens (tertiary/aromatic N) is 3.